The first-order chi connectivity index (χ1) is 8.61. The number of nitrogens with zero attached hydrogens (tertiary/aromatic N) is 1. The molecular weight excluding hydrogens is 238 g/mol. The number of anilines is 1. The minimum absolute atomic E-state index is 0.0622. The first-order valence-corrected chi connectivity index (χ1v) is 5.35. The summed E-state index contributed by atoms with van der Waals surface area (Å²) >= 11 is 0. The van der Waals surface area contributed by atoms with Crippen LogP contribution < -0.4 is 5.32 Å². The van der Waals surface area contributed by atoms with Gasteiger partial charge >= 0.3 is 5.97 Å². The number of aliphatic hydroxyl groups excluding tert-OH is 2. The van der Waals surface area contributed by atoms with Crippen LogP contribution >= 0.6 is 0 Å². The van der Waals surface area contributed by atoms with E-state index in [-0.39, 0.29) is 18.7 Å². The van der Waals surface area contributed by atoms with Crippen LogP contribution in [0.15, 0.2) is 18.5 Å². The van der Waals surface area contributed by atoms with Crippen molar-refractivity contribution >= 4 is 22.7 Å². The monoisotopic (exact) mass is 251 g/mol. The van der Waals surface area contributed by atoms with Crippen LogP contribution in [-0.2, 0) is 0 Å². The maximum Gasteiger partial charge on any atom is 0.337 e. The maximum atomic E-state index is 11.1. The number of H-pyrrole nitrogens is 1. The average molecular weight is 251 g/mol. The Hall–Kier alpha value is -2.12. The molecule has 1 aromatic heterocycles. The van der Waals surface area contributed by atoms with Gasteiger partial charge in [0.05, 0.1) is 41.3 Å². The van der Waals surface area contributed by atoms with Gasteiger partial charge < -0.3 is 25.6 Å². The van der Waals surface area contributed by atoms with E-state index in [4.69, 9.17) is 10.2 Å². The van der Waals surface area contributed by atoms with Gasteiger partial charge in [-0.15, -0.1) is 0 Å². The highest BCUT2D eigenvalue weighted by Crippen LogP contribution is 2.22. The predicted octanol–water partition coefficient (Wildman–Crippen LogP) is 0.0262. The van der Waals surface area contributed by atoms with Gasteiger partial charge in [0.2, 0.25) is 0 Å². The molecule has 5 N–H and O–H groups in total. The van der Waals surface area contributed by atoms with Crippen LogP contribution in [0.1, 0.15) is 10.4 Å². The summed E-state index contributed by atoms with van der Waals surface area (Å²) in [4.78, 5) is 18.0. The molecule has 0 saturated heterocycles. The Morgan fingerprint density at radius 1 is 1.50 bits per heavy atom. The number of carboxylic acid groups (broad SMARTS) is 1. The Morgan fingerprint density at radius 3 is 2.94 bits per heavy atom. The number of nitrogens with one attached hydrogen (secondary N) is 2. The third-order valence-corrected chi connectivity index (χ3v) is 2.53. The van der Waals surface area contributed by atoms with Gasteiger partial charge in [-0.1, -0.05) is 0 Å². The van der Waals surface area contributed by atoms with E-state index in [9.17, 15) is 9.90 Å². The fraction of sp³-hybridized carbons (Fsp3) is 0.273. The SMILES string of the molecule is O=C(O)c1cc2[nH]cnc2cc1NCC(O)CO. The summed E-state index contributed by atoms with van der Waals surface area (Å²) in [5, 5.41) is 29.8. The summed E-state index contributed by atoms with van der Waals surface area (Å²) in [6.45, 7) is -0.327. The Balaban J connectivity index is 2.33. The van der Waals surface area contributed by atoms with Gasteiger partial charge in [0.15, 0.2) is 0 Å². The van der Waals surface area contributed by atoms with Crippen LogP contribution in [0.3, 0.4) is 0 Å². The highest BCUT2D eigenvalue weighted by molar-refractivity contribution is 5.99. The largest absolute Gasteiger partial charge is 0.478 e. The second-order valence-electron chi connectivity index (χ2n) is 3.84. The van der Waals surface area contributed by atoms with Crippen LogP contribution in [-0.4, -0.2) is 50.5 Å². The highest BCUT2D eigenvalue weighted by atomic mass is 16.4. The lowest BCUT2D eigenvalue weighted by Gasteiger charge is -2.12. The highest BCUT2D eigenvalue weighted by Gasteiger charge is 2.13. The van der Waals surface area contributed by atoms with Crippen molar-refractivity contribution in [2.45, 2.75) is 6.10 Å². The molecule has 0 saturated carbocycles. The van der Waals surface area contributed by atoms with E-state index in [0.717, 1.165) is 0 Å². The van der Waals surface area contributed by atoms with E-state index in [2.05, 4.69) is 15.3 Å². The second kappa shape index (κ2) is 5.03. The number of rotatable bonds is 5. The molecule has 7 heteroatoms. The lowest BCUT2D eigenvalue weighted by molar-refractivity contribution is 0.0697. The van der Waals surface area contributed by atoms with Crippen molar-refractivity contribution in [3.8, 4) is 0 Å². The van der Waals surface area contributed by atoms with Crippen molar-refractivity contribution in [1.82, 2.24) is 9.97 Å². The average Bonchev–Trinajstić information content (AvgIpc) is 2.81. The van der Waals surface area contributed by atoms with Crippen molar-refractivity contribution < 1.29 is 20.1 Å². The number of aliphatic hydroxyl groups is 2. The number of hydrogen-bond acceptors (Lipinski definition) is 5. The van der Waals surface area contributed by atoms with E-state index in [1.165, 1.54) is 12.4 Å². The molecule has 0 amide bonds. The Bertz CT molecular complexity index is 566. The standard InChI is InChI=1S/C11H13N3O4/c15-4-6(16)3-12-8-2-10-9(13-5-14-10)1-7(8)11(17)18/h1-2,5-6,12,15-16H,3-4H2,(H,13,14)(H,17,18). The summed E-state index contributed by atoms with van der Waals surface area (Å²) in [6, 6.07) is 3.05. The zero-order valence-corrected chi connectivity index (χ0v) is 9.42. The molecule has 1 unspecified atom stereocenters. The molecule has 0 fully saturated rings. The van der Waals surface area contributed by atoms with Crippen LogP contribution in [0.5, 0.6) is 0 Å². The van der Waals surface area contributed by atoms with Crippen molar-refractivity contribution in [2.24, 2.45) is 0 Å². The first-order valence-electron chi connectivity index (χ1n) is 5.35. The molecule has 0 aliphatic carbocycles. The molecule has 2 rings (SSSR count). The van der Waals surface area contributed by atoms with E-state index in [0.29, 0.717) is 16.7 Å². The summed E-state index contributed by atoms with van der Waals surface area (Å²) < 4.78 is 0. The number of benzene rings is 1. The van der Waals surface area contributed by atoms with E-state index >= 15 is 0 Å². The Kier molecular flexibility index (Phi) is 3.45. The topological polar surface area (TPSA) is 118 Å². The molecule has 0 bridgehead atoms. The number of aromatic carboxylic acids is 1. The fourth-order valence-corrected chi connectivity index (χ4v) is 1.60. The van der Waals surface area contributed by atoms with Gasteiger partial charge in [-0.25, -0.2) is 9.78 Å². The smallest absolute Gasteiger partial charge is 0.337 e. The molecule has 0 radical (unpaired) electrons. The maximum absolute atomic E-state index is 11.1. The van der Waals surface area contributed by atoms with Gasteiger partial charge in [-0.2, -0.15) is 0 Å². The molecule has 18 heavy (non-hydrogen) atoms. The fourth-order valence-electron chi connectivity index (χ4n) is 1.60. The molecule has 7 nitrogen and oxygen atoms in total. The summed E-state index contributed by atoms with van der Waals surface area (Å²) in [5.74, 6) is -1.08. The second-order valence-corrected chi connectivity index (χ2v) is 3.84. The molecule has 1 heterocycles. The number of fused-ring (bicyclic) bond motifs is 1. The first kappa shape index (κ1) is 12.3. The lowest BCUT2D eigenvalue weighted by atomic mass is 10.1. The van der Waals surface area contributed by atoms with Gasteiger partial charge in [-0.05, 0) is 12.1 Å². The van der Waals surface area contributed by atoms with Gasteiger partial charge in [0, 0.05) is 6.54 Å². The van der Waals surface area contributed by atoms with Crippen molar-refractivity contribution in [1.29, 1.82) is 0 Å². The number of hydrogen-bond donors (Lipinski definition) is 5. The van der Waals surface area contributed by atoms with E-state index in [1.807, 2.05) is 0 Å². The lowest BCUT2D eigenvalue weighted by Crippen LogP contribution is -2.23. The quantitative estimate of drug-likeness (QED) is 0.511. The minimum atomic E-state index is -1.08. The number of carboxylic acids is 1. The predicted molar refractivity (Wildman–Crippen MR) is 64.6 cm³/mol. The van der Waals surface area contributed by atoms with Gasteiger partial charge in [-0.3, -0.25) is 0 Å². The molecule has 96 valence electrons. The number of carbonyl (C=O) groups is 1. The molecular formula is C11H13N3O4. The number of imidazole rings is 1. The molecule has 0 aliphatic heterocycles. The third kappa shape index (κ3) is 2.41. The van der Waals surface area contributed by atoms with Gasteiger partial charge in [0.25, 0.3) is 0 Å². The van der Waals surface area contributed by atoms with Crippen LogP contribution in [0, 0.1) is 0 Å². The third-order valence-electron chi connectivity index (χ3n) is 2.53. The van der Waals surface area contributed by atoms with Crippen molar-refractivity contribution in [2.75, 3.05) is 18.5 Å². The number of aromatic nitrogens is 2. The Morgan fingerprint density at radius 2 is 2.28 bits per heavy atom. The molecule has 1 atom stereocenters. The Labute approximate surface area is 102 Å². The summed E-state index contributed by atoms with van der Waals surface area (Å²) in [5.41, 5.74) is 1.69. The van der Waals surface area contributed by atoms with Crippen LogP contribution in [0.2, 0.25) is 0 Å². The molecule has 2 aromatic rings. The molecule has 0 spiro atoms. The zero-order chi connectivity index (χ0) is 13.1. The summed E-state index contributed by atoms with van der Waals surface area (Å²) in [7, 11) is 0. The normalized spacial score (nSPS) is 12.6. The number of aromatic amines is 1. The summed E-state index contributed by atoms with van der Waals surface area (Å²) in [6.07, 6.45) is 0.532. The van der Waals surface area contributed by atoms with Crippen LogP contribution in [0.4, 0.5) is 5.69 Å². The van der Waals surface area contributed by atoms with Crippen molar-refractivity contribution in [3.05, 3.63) is 24.0 Å². The minimum Gasteiger partial charge on any atom is -0.478 e. The van der Waals surface area contributed by atoms with Crippen molar-refractivity contribution in [3.63, 3.8) is 0 Å². The van der Waals surface area contributed by atoms with E-state index < -0.39 is 12.1 Å². The van der Waals surface area contributed by atoms with E-state index in [1.54, 1.807) is 6.07 Å². The molecule has 1 aromatic carbocycles. The molecule has 0 aliphatic rings. The van der Waals surface area contributed by atoms with Gasteiger partial charge in [0.1, 0.15) is 0 Å². The zero-order valence-electron chi connectivity index (χ0n) is 9.42. The van der Waals surface area contributed by atoms with Crippen LogP contribution in [0.25, 0.3) is 11.0 Å².